The number of para-hydroxylation sites is 1. The maximum absolute atomic E-state index is 13.4. The topological polar surface area (TPSA) is 77.2 Å². The van der Waals surface area contributed by atoms with Crippen LogP contribution in [0.25, 0.3) is 0 Å². The van der Waals surface area contributed by atoms with Crippen molar-refractivity contribution in [3.8, 4) is 5.88 Å². The standard InChI is InChI=1S/C15H16FN3O2/c1-9(2)21-15-12(7-4-8-18-15)19-14(20)10-5-3-6-11(16)13(10)17/h3-9H,17H2,1-2H3,(H,19,20). The number of nitrogens with two attached hydrogens (primary N) is 1. The monoisotopic (exact) mass is 289 g/mol. The second kappa shape index (κ2) is 6.21. The Morgan fingerprint density at radius 2 is 2.10 bits per heavy atom. The summed E-state index contributed by atoms with van der Waals surface area (Å²) in [5.41, 5.74) is 5.85. The zero-order valence-corrected chi connectivity index (χ0v) is 11.8. The van der Waals surface area contributed by atoms with Crippen LogP contribution in [-0.4, -0.2) is 17.0 Å². The van der Waals surface area contributed by atoms with Gasteiger partial charge in [-0.2, -0.15) is 0 Å². The molecule has 1 heterocycles. The molecular weight excluding hydrogens is 273 g/mol. The summed E-state index contributed by atoms with van der Waals surface area (Å²) in [6.45, 7) is 3.70. The third-order valence-electron chi connectivity index (χ3n) is 2.66. The summed E-state index contributed by atoms with van der Waals surface area (Å²) in [5, 5.41) is 2.63. The Hall–Kier alpha value is -2.63. The van der Waals surface area contributed by atoms with Gasteiger partial charge in [0.1, 0.15) is 11.5 Å². The van der Waals surface area contributed by atoms with E-state index < -0.39 is 11.7 Å². The molecule has 2 rings (SSSR count). The zero-order valence-electron chi connectivity index (χ0n) is 11.8. The molecule has 0 aliphatic heterocycles. The first kappa shape index (κ1) is 14.8. The number of carbonyl (C=O) groups excluding carboxylic acids is 1. The number of benzene rings is 1. The lowest BCUT2D eigenvalue weighted by Crippen LogP contribution is -2.17. The van der Waals surface area contributed by atoms with E-state index in [4.69, 9.17) is 10.5 Å². The Kier molecular flexibility index (Phi) is 4.37. The third-order valence-corrected chi connectivity index (χ3v) is 2.66. The van der Waals surface area contributed by atoms with Crippen molar-refractivity contribution in [2.24, 2.45) is 0 Å². The van der Waals surface area contributed by atoms with E-state index in [9.17, 15) is 9.18 Å². The first-order valence-corrected chi connectivity index (χ1v) is 6.46. The van der Waals surface area contributed by atoms with E-state index in [0.29, 0.717) is 11.6 Å². The number of ether oxygens (including phenoxy) is 1. The highest BCUT2D eigenvalue weighted by molar-refractivity contribution is 6.08. The highest BCUT2D eigenvalue weighted by Crippen LogP contribution is 2.24. The van der Waals surface area contributed by atoms with Gasteiger partial charge in [0.25, 0.3) is 5.91 Å². The molecule has 6 heteroatoms. The fourth-order valence-electron chi connectivity index (χ4n) is 1.73. The van der Waals surface area contributed by atoms with Crippen molar-refractivity contribution in [3.63, 3.8) is 0 Å². The van der Waals surface area contributed by atoms with Crippen LogP contribution in [0.2, 0.25) is 0 Å². The van der Waals surface area contributed by atoms with E-state index in [0.717, 1.165) is 0 Å². The molecule has 0 saturated heterocycles. The number of nitrogen functional groups attached to an aromatic ring is 1. The number of halogens is 1. The van der Waals surface area contributed by atoms with E-state index in [1.807, 2.05) is 13.8 Å². The second-order valence-electron chi connectivity index (χ2n) is 4.68. The van der Waals surface area contributed by atoms with Crippen molar-refractivity contribution in [1.82, 2.24) is 4.98 Å². The zero-order chi connectivity index (χ0) is 15.4. The number of anilines is 2. The number of amides is 1. The van der Waals surface area contributed by atoms with Crippen LogP contribution in [0.5, 0.6) is 5.88 Å². The van der Waals surface area contributed by atoms with Gasteiger partial charge in [-0.25, -0.2) is 9.37 Å². The fraction of sp³-hybridized carbons (Fsp3) is 0.200. The number of hydrogen-bond acceptors (Lipinski definition) is 4. The number of carbonyl (C=O) groups is 1. The number of rotatable bonds is 4. The van der Waals surface area contributed by atoms with Gasteiger partial charge in [0, 0.05) is 6.20 Å². The van der Waals surface area contributed by atoms with E-state index in [1.54, 1.807) is 18.3 Å². The summed E-state index contributed by atoms with van der Waals surface area (Å²) >= 11 is 0. The number of pyridine rings is 1. The lowest BCUT2D eigenvalue weighted by molar-refractivity contribution is 0.102. The molecule has 1 amide bonds. The SMILES string of the molecule is CC(C)Oc1ncccc1NC(=O)c1cccc(F)c1N. The van der Waals surface area contributed by atoms with Gasteiger partial charge in [0.2, 0.25) is 5.88 Å². The molecule has 0 aliphatic rings. The summed E-state index contributed by atoms with van der Waals surface area (Å²) in [6, 6.07) is 7.39. The Morgan fingerprint density at radius 1 is 1.33 bits per heavy atom. The number of nitrogens with one attached hydrogen (secondary N) is 1. The Balaban J connectivity index is 2.26. The Bertz CT molecular complexity index is 659. The van der Waals surface area contributed by atoms with E-state index in [2.05, 4.69) is 10.3 Å². The van der Waals surface area contributed by atoms with Crippen molar-refractivity contribution in [2.75, 3.05) is 11.1 Å². The van der Waals surface area contributed by atoms with Gasteiger partial charge >= 0.3 is 0 Å². The molecular formula is C15H16FN3O2. The van der Waals surface area contributed by atoms with Crippen LogP contribution in [0, 0.1) is 5.82 Å². The average Bonchev–Trinajstić information content (AvgIpc) is 2.43. The van der Waals surface area contributed by atoms with Crippen molar-refractivity contribution in [2.45, 2.75) is 20.0 Å². The molecule has 21 heavy (non-hydrogen) atoms. The smallest absolute Gasteiger partial charge is 0.258 e. The molecule has 2 aromatic rings. The number of hydrogen-bond donors (Lipinski definition) is 2. The molecule has 0 unspecified atom stereocenters. The molecule has 110 valence electrons. The van der Waals surface area contributed by atoms with Crippen LogP contribution in [0.15, 0.2) is 36.5 Å². The normalized spacial score (nSPS) is 10.5. The van der Waals surface area contributed by atoms with Gasteiger partial charge in [0.15, 0.2) is 0 Å². The van der Waals surface area contributed by atoms with Crippen molar-refractivity contribution in [1.29, 1.82) is 0 Å². The molecule has 0 saturated carbocycles. The van der Waals surface area contributed by atoms with Crippen LogP contribution in [-0.2, 0) is 0 Å². The fourth-order valence-corrected chi connectivity index (χ4v) is 1.73. The van der Waals surface area contributed by atoms with E-state index >= 15 is 0 Å². The summed E-state index contributed by atoms with van der Waals surface area (Å²) in [7, 11) is 0. The summed E-state index contributed by atoms with van der Waals surface area (Å²) in [5.74, 6) is -0.850. The highest BCUT2D eigenvalue weighted by atomic mass is 19.1. The quantitative estimate of drug-likeness (QED) is 0.848. The van der Waals surface area contributed by atoms with E-state index in [-0.39, 0.29) is 17.4 Å². The van der Waals surface area contributed by atoms with Gasteiger partial charge in [-0.15, -0.1) is 0 Å². The van der Waals surface area contributed by atoms with Crippen molar-refractivity contribution >= 4 is 17.3 Å². The summed E-state index contributed by atoms with van der Waals surface area (Å²) in [4.78, 5) is 16.2. The molecule has 0 atom stereocenters. The van der Waals surface area contributed by atoms with Crippen LogP contribution < -0.4 is 15.8 Å². The molecule has 0 radical (unpaired) electrons. The predicted octanol–water partition coefficient (Wildman–Crippen LogP) is 2.84. The maximum Gasteiger partial charge on any atom is 0.258 e. The second-order valence-corrected chi connectivity index (χ2v) is 4.68. The number of aromatic nitrogens is 1. The van der Waals surface area contributed by atoms with E-state index in [1.165, 1.54) is 18.2 Å². The Morgan fingerprint density at radius 3 is 2.81 bits per heavy atom. The minimum atomic E-state index is -0.632. The van der Waals surface area contributed by atoms with Crippen LogP contribution in [0.1, 0.15) is 24.2 Å². The summed E-state index contributed by atoms with van der Waals surface area (Å²) < 4.78 is 18.9. The summed E-state index contributed by atoms with van der Waals surface area (Å²) in [6.07, 6.45) is 1.47. The first-order valence-electron chi connectivity index (χ1n) is 6.46. The lowest BCUT2D eigenvalue weighted by Gasteiger charge is -2.14. The number of nitrogens with zero attached hydrogens (tertiary/aromatic N) is 1. The molecule has 0 spiro atoms. The van der Waals surface area contributed by atoms with Crippen LogP contribution in [0.3, 0.4) is 0 Å². The minimum Gasteiger partial charge on any atom is -0.473 e. The molecule has 1 aromatic heterocycles. The molecule has 0 fully saturated rings. The van der Waals surface area contributed by atoms with Gasteiger partial charge in [0.05, 0.1) is 17.4 Å². The maximum atomic E-state index is 13.4. The van der Waals surface area contributed by atoms with Gasteiger partial charge < -0.3 is 15.8 Å². The van der Waals surface area contributed by atoms with Crippen molar-refractivity contribution < 1.29 is 13.9 Å². The third kappa shape index (κ3) is 3.47. The van der Waals surface area contributed by atoms with Gasteiger partial charge in [-0.3, -0.25) is 4.79 Å². The molecule has 0 bridgehead atoms. The molecule has 1 aromatic carbocycles. The molecule has 5 nitrogen and oxygen atoms in total. The highest BCUT2D eigenvalue weighted by Gasteiger charge is 2.15. The van der Waals surface area contributed by atoms with Gasteiger partial charge in [-0.1, -0.05) is 6.07 Å². The minimum absolute atomic E-state index is 0.0642. The predicted molar refractivity (Wildman–Crippen MR) is 78.8 cm³/mol. The molecule has 3 N–H and O–H groups in total. The van der Waals surface area contributed by atoms with Crippen molar-refractivity contribution in [3.05, 3.63) is 47.9 Å². The van der Waals surface area contributed by atoms with Gasteiger partial charge in [-0.05, 0) is 38.1 Å². The molecule has 0 aliphatic carbocycles. The van der Waals surface area contributed by atoms with Crippen LogP contribution in [0.4, 0.5) is 15.8 Å². The van der Waals surface area contributed by atoms with Crippen LogP contribution >= 0.6 is 0 Å². The largest absolute Gasteiger partial charge is 0.473 e. The first-order chi connectivity index (χ1) is 9.99. The average molecular weight is 289 g/mol. The Labute approximate surface area is 121 Å². The lowest BCUT2D eigenvalue weighted by atomic mass is 10.1.